The largest absolute Gasteiger partial charge is 0.444 e. The molecule has 228 valence electrons. The summed E-state index contributed by atoms with van der Waals surface area (Å²) in [6.07, 6.45) is 2.41. The highest BCUT2D eigenvalue weighted by Crippen LogP contribution is 2.37. The molecule has 0 aliphatic carbocycles. The first kappa shape index (κ1) is 30.1. The Labute approximate surface area is 265 Å². The van der Waals surface area contributed by atoms with Crippen molar-refractivity contribution in [2.45, 2.75) is 46.6 Å². The number of fused-ring (bicyclic) bond motifs is 1. The summed E-state index contributed by atoms with van der Waals surface area (Å²) in [6.45, 7) is 11.9. The molecule has 44 heavy (non-hydrogen) atoms. The number of aryl methyl sites for hydroxylation is 1. The number of nitrogens with zero attached hydrogens (tertiary/aromatic N) is 5. The topological polar surface area (TPSA) is 63.0 Å². The number of thiazole rings is 1. The van der Waals surface area contributed by atoms with Crippen molar-refractivity contribution in [3.8, 4) is 33.1 Å². The Kier molecular flexibility index (Phi) is 8.11. The summed E-state index contributed by atoms with van der Waals surface area (Å²) in [6, 6.07) is 15.4. The lowest BCUT2D eigenvalue weighted by molar-refractivity contribution is 0.0240. The molecule has 2 aromatic carbocycles. The number of rotatable bonds is 5. The average molecular weight is 632 g/mol. The van der Waals surface area contributed by atoms with E-state index in [4.69, 9.17) is 26.3 Å². The van der Waals surface area contributed by atoms with Gasteiger partial charge in [-0.25, -0.2) is 19.2 Å². The molecule has 0 spiro atoms. The van der Waals surface area contributed by atoms with Gasteiger partial charge in [-0.3, -0.25) is 4.40 Å². The van der Waals surface area contributed by atoms with E-state index in [0.717, 1.165) is 44.6 Å². The van der Waals surface area contributed by atoms with Crippen molar-refractivity contribution >= 4 is 40.4 Å². The summed E-state index contributed by atoms with van der Waals surface area (Å²) >= 11 is 7.54. The zero-order chi connectivity index (χ0) is 31.2. The number of piperazine rings is 1. The number of benzene rings is 2. The number of hydrogen-bond donors (Lipinski definition) is 0. The lowest BCUT2D eigenvalue weighted by Gasteiger charge is -2.36. The molecule has 4 heterocycles. The Balaban J connectivity index is 1.30. The van der Waals surface area contributed by atoms with Crippen LogP contribution in [-0.2, 0) is 11.2 Å². The van der Waals surface area contributed by atoms with Crippen molar-refractivity contribution < 1.29 is 13.9 Å². The normalized spacial score (nSPS) is 14.0. The van der Waals surface area contributed by atoms with Gasteiger partial charge in [0, 0.05) is 59.5 Å². The molecule has 1 aliphatic rings. The maximum Gasteiger partial charge on any atom is 0.410 e. The fourth-order valence-corrected chi connectivity index (χ4v) is 6.56. The summed E-state index contributed by atoms with van der Waals surface area (Å²) in [4.78, 5) is 26.2. The SMILES string of the molecule is CCc1nc2ccc(N3CCN(C(=O)OC(C)(C)C)CC3)cn2c1-c1ccc(-c2nc(-c3ccc(Cl)cc3)cs2)c(C)c1F. The van der Waals surface area contributed by atoms with E-state index in [1.54, 1.807) is 4.90 Å². The van der Waals surface area contributed by atoms with Crippen LogP contribution in [0.2, 0.25) is 5.02 Å². The quantitative estimate of drug-likeness (QED) is 0.195. The molecule has 1 saturated heterocycles. The van der Waals surface area contributed by atoms with Gasteiger partial charge >= 0.3 is 6.09 Å². The number of hydrogen-bond acceptors (Lipinski definition) is 6. The molecule has 0 saturated carbocycles. The molecule has 7 nitrogen and oxygen atoms in total. The number of anilines is 1. The predicted octanol–water partition coefficient (Wildman–Crippen LogP) is 8.51. The van der Waals surface area contributed by atoms with Gasteiger partial charge in [0.2, 0.25) is 0 Å². The van der Waals surface area contributed by atoms with E-state index in [-0.39, 0.29) is 11.9 Å². The van der Waals surface area contributed by atoms with E-state index in [1.165, 1.54) is 11.3 Å². The molecule has 0 atom stereocenters. The molecule has 0 unspecified atom stereocenters. The van der Waals surface area contributed by atoms with Gasteiger partial charge in [-0.05, 0) is 70.0 Å². The van der Waals surface area contributed by atoms with Crippen LogP contribution in [-0.4, -0.2) is 57.1 Å². The number of amides is 1. The van der Waals surface area contributed by atoms with Crippen molar-refractivity contribution in [3.63, 3.8) is 0 Å². The van der Waals surface area contributed by atoms with E-state index in [9.17, 15) is 4.79 Å². The molecule has 1 amide bonds. The van der Waals surface area contributed by atoms with Crippen LogP contribution in [0.3, 0.4) is 0 Å². The van der Waals surface area contributed by atoms with Crippen molar-refractivity contribution in [2.24, 2.45) is 0 Å². The third-order valence-electron chi connectivity index (χ3n) is 7.82. The Bertz CT molecular complexity index is 1840. The van der Waals surface area contributed by atoms with Crippen LogP contribution in [0.4, 0.5) is 14.9 Å². The Morgan fingerprint density at radius 1 is 1.00 bits per heavy atom. The third kappa shape index (κ3) is 5.90. The van der Waals surface area contributed by atoms with Gasteiger partial charge in [0.25, 0.3) is 0 Å². The molecule has 3 aromatic heterocycles. The average Bonchev–Trinajstić information content (AvgIpc) is 3.63. The molecule has 1 fully saturated rings. The van der Waals surface area contributed by atoms with Crippen molar-refractivity contribution in [1.29, 1.82) is 0 Å². The number of pyridine rings is 1. The van der Waals surface area contributed by atoms with Crippen molar-refractivity contribution in [2.75, 3.05) is 31.1 Å². The number of carbonyl (C=O) groups is 1. The second-order valence-corrected chi connectivity index (χ2v) is 13.3. The zero-order valence-corrected chi connectivity index (χ0v) is 27.1. The molecule has 1 aliphatic heterocycles. The number of carbonyl (C=O) groups excluding carboxylic acids is 1. The molecule has 0 radical (unpaired) electrons. The second-order valence-electron chi connectivity index (χ2n) is 12.0. The first-order valence-corrected chi connectivity index (χ1v) is 16.0. The Hall–Kier alpha value is -3.95. The molecule has 5 aromatic rings. The lowest BCUT2D eigenvalue weighted by Crippen LogP contribution is -2.50. The van der Waals surface area contributed by atoms with E-state index in [2.05, 4.69) is 4.90 Å². The summed E-state index contributed by atoms with van der Waals surface area (Å²) in [5.74, 6) is -0.279. The van der Waals surface area contributed by atoms with Crippen LogP contribution in [0.15, 0.2) is 60.1 Å². The number of halogens is 2. The van der Waals surface area contributed by atoms with Gasteiger partial charge in [-0.2, -0.15) is 0 Å². The van der Waals surface area contributed by atoms with Gasteiger partial charge in [-0.15, -0.1) is 11.3 Å². The maximum absolute atomic E-state index is 16.3. The van der Waals surface area contributed by atoms with Crippen molar-refractivity contribution in [1.82, 2.24) is 19.3 Å². The van der Waals surface area contributed by atoms with Crippen LogP contribution >= 0.6 is 22.9 Å². The summed E-state index contributed by atoms with van der Waals surface area (Å²) < 4.78 is 23.8. The maximum atomic E-state index is 16.3. The minimum Gasteiger partial charge on any atom is -0.444 e. The standard InChI is InChI=1S/C34H35ClFN5O2S/c1-6-27-31(26-13-12-25(21(2)30(26)36)32-38-28(20-44-32)22-7-9-23(35)10-8-22)41-19-24(11-14-29(41)37-27)39-15-17-40(18-16-39)33(42)43-34(3,4)5/h7-14,19-20H,6,15-18H2,1-5H3. The van der Waals surface area contributed by atoms with Gasteiger partial charge in [0.1, 0.15) is 22.1 Å². The fourth-order valence-electron chi connectivity index (χ4n) is 5.52. The van der Waals surface area contributed by atoms with Crippen LogP contribution in [0.1, 0.15) is 39.0 Å². The highest BCUT2D eigenvalue weighted by molar-refractivity contribution is 7.13. The summed E-state index contributed by atoms with van der Waals surface area (Å²) in [5, 5.41) is 3.42. The smallest absolute Gasteiger partial charge is 0.410 e. The third-order valence-corrected chi connectivity index (χ3v) is 8.95. The van der Waals surface area contributed by atoms with Crippen molar-refractivity contribution in [3.05, 3.63) is 82.2 Å². The first-order valence-electron chi connectivity index (χ1n) is 14.8. The minimum absolute atomic E-state index is 0.279. The van der Waals surface area contributed by atoms with Gasteiger partial charge in [-0.1, -0.05) is 36.7 Å². The van der Waals surface area contributed by atoms with Gasteiger partial charge in [0.05, 0.1) is 22.8 Å². The molecular weight excluding hydrogens is 597 g/mol. The van der Waals surface area contributed by atoms with E-state index in [0.29, 0.717) is 48.7 Å². The highest BCUT2D eigenvalue weighted by atomic mass is 35.5. The summed E-state index contributed by atoms with van der Waals surface area (Å²) in [7, 11) is 0. The van der Waals surface area contributed by atoms with E-state index in [1.807, 2.05) is 99.1 Å². The Morgan fingerprint density at radius 2 is 1.70 bits per heavy atom. The number of ether oxygens (including phenoxy) is 1. The predicted molar refractivity (Wildman–Crippen MR) is 176 cm³/mol. The zero-order valence-electron chi connectivity index (χ0n) is 25.5. The molecule has 0 N–H and O–H groups in total. The summed E-state index contributed by atoms with van der Waals surface area (Å²) in [5.41, 5.74) is 6.45. The molecule has 0 bridgehead atoms. The lowest BCUT2D eigenvalue weighted by atomic mass is 10.0. The van der Waals surface area contributed by atoms with Crippen LogP contribution in [0, 0.1) is 12.7 Å². The fraction of sp³-hybridized carbons (Fsp3) is 0.324. The molecular formula is C34H35ClFN5O2S. The molecule has 6 rings (SSSR count). The minimum atomic E-state index is -0.527. The van der Waals surface area contributed by atoms with Crippen LogP contribution < -0.4 is 4.90 Å². The monoisotopic (exact) mass is 631 g/mol. The second kappa shape index (κ2) is 11.9. The number of aromatic nitrogens is 3. The van der Waals surface area contributed by atoms with Crippen LogP contribution in [0.25, 0.3) is 38.7 Å². The number of imidazole rings is 1. The van der Waals surface area contributed by atoms with Crippen LogP contribution in [0.5, 0.6) is 0 Å². The van der Waals surface area contributed by atoms with Gasteiger partial charge < -0.3 is 14.5 Å². The van der Waals surface area contributed by atoms with E-state index < -0.39 is 5.60 Å². The van der Waals surface area contributed by atoms with E-state index >= 15 is 4.39 Å². The van der Waals surface area contributed by atoms with Gasteiger partial charge in [0.15, 0.2) is 0 Å². The highest BCUT2D eigenvalue weighted by Gasteiger charge is 2.27. The first-order chi connectivity index (χ1) is 21.0. The molecule has 10 heteroatoms. The Morgan fingerprint density at radius 3 is 2.39 bits per heavy atom.